The minimum atomic E-state index is 0.110. The van der Waals surface area contributed by atoms with Gasteiger partial charge in [0.05, 0.1) is 0 Å². The van der Waals surface area contributed by atoms with Gasteiger partial charge in [-0.25, -0.2) is 4.98 Å². The summed E-state index contributed by atoms with van der Waals surface area (Å²) in [4.78, 5) is 8.59. The van der Waals surface area contributed by atoms with E-state index in [0.717, 1.165) is 17.7 Å². The van der Waals surface area contributed by atoms with E-state index in [0.29, 0.717) is 18.0 Å². The van der Waals surface area contributed by atoms with Crippen LogP contribution >= 0.6 is 0 Å². The summed E-state index contributed by atoms with van der Waals surface area (Å²) in [6.45, 7) is 3.99. The third-order valence-electron chi connectivity index (χ3n) is 2.40. The molecule has 2 heterocycles. The predicted octanol–water partition coefficient (Wildman–Crippen LogP) is 1.81. The summed E-state index contributed by atoms with van der Waals surface area (Å²) in [7, 11) is 0. The summed E-state index contributed by atoms with van der Waals surface area (Å²) in [5, 5.41) is 0. The minimum Gasteiger partial charge on any atom is -0.439 e. The van der Waals surface area contributed by atoms with E-state index >= 15 is 0 Å². The molecule has 0 aliphatic carbocycles. The van der Waals surface area contributed by atoms with E-state index < -0.39 is 0 Å². The smallest absolute Gasteiger partial charge is 0.199 e. The zero-order valence-electron chi connectivity index (χ0n) is 9.03. The van der Waals surface area contributed by atoms with Crippen LogP contribution in [-0.2, 0) is 6.42 Å². The first-order valence-corrected chi connectivity index (χ1v) is 5.17. The maximum atomic E-state index is 5.84. The molecule has 15 heavy (non-hydrogen) atoms. The third-order valence-corrected chi connectivity index (χ3v) is 2.40. The molecular formula is C11H15N3O. The van der Waals surface area contributed by atoms with Crippen molar-refractivity contribution < 1.29 is 4.42 Å². The van der Waals surface area contributed by atoms with Gasteiger partial charge in [0.15, 0.2) is 17.1 Å². The number of hydrogen-bond acceptors (Lipinski definition) is 4. The molecule has 2 aromatic heterocycles. The zero-order chi connectivity index (χ0) is 10.8. The van der Waals surface area contributed by atoms with Crippen molar-refractivity contribution in [3.8, 4) is 0 Å². The van der Waals surface area contributed by atoms with Gasteiger partial charge in [-0.2, -0.15) is 4.98 Å². The summed E-state index contributed by atoms with van der Waals surface area (Å²) in [5.74, 6) is 0.678. The van der Waals surface area contributed by atoms with E-state index in [1.165, 1.54) is 0 Å². The normalized spacial score (nSPS) is 13.3. The number of aryl methyl sites for hydroxylation is 1. The maximum absolute atomic E-state index is 5.84. The number of nitrogens with zero attached hydrogens (tertiary/aromatic N) is 2. The van der Waals surface area contributed by atoms with Crippen LogP contribution < -0.4 is 5.73 Å². The molecule has 0 fully saturated rings. The average Bonchev–Trinajstić information content (AvgIpc) is 2.59. The molecular weight excluding hydrogens is 190 g/mol. The Hall–Kier alpha value is -1.42. The van der Waals surface area contributed by atoms with E-state index in [9.17, 15) is 0 Å². The molecule has 2 rings (SSSR count). The summed E-state index contributed by atoms with van der Waals surface area (Å²) in [5.41, 5.74) is 8.19. The van der Waals surface area contributed by atoms with Crippen LogP contribution in [0.5, 0.6) is 0 Å². The van der Waals surface area contributed by atoms with E-state index in [1.807, 2.05) is 19.1 Å². The highest BCUT2D eigenvalue weighted by Crippen LogP contribution is 2.15. The van der Waals surface area contributed by atoms with Crippen molar-refractivity contribution in [3.05, 3.63) is 23.7 Å². The molecule has 80 valence electrons. The van der Waals surface area contributed by atoms with E-state index in [1.54, 1.807) is 0 Å². The average molecular weight is 205 g/mol. The molecule has 0 aliphatic heterocycles. The van der Waals surface area contributed by atoms with Gasteiger partial charge in [0.1, 0.15) is 0 Å². The van der Waals surface area contributed by atoms with Crippen molar-refractivity contribution in [2.45, 2.75) is 32.7 Å². The number of oxazole rings is 1. The standard InChI is InChI=1S/C11H15N3O/c1-3-8(12)6-10-14-11-9(15-10)5-4-7(2)13-11/h4-5,8H,3,6,12H2,1-2H3. The van der Waals surface area contributed by atoms with Gasteiger partial charge in [0, 0.05) is 18.2 Å². The number of rotatable bonds is 3. The Morgan fingerprint density at radius 1 is 1.40 bits per heavy atom. The number of hydrogen-bond donors (Lipinski definition) is 1. The van der Waals surface area contributed by atoms with Gasteiger partial charge in [0.25, 0.3) is 0 Å². The first-order valence-electron chi connectivity index (χ1n) is 5.17. The van der Waals surface area contributed by atoms with Crippen LogP contribution in [0.15, 0.2) is 16.5 Å². The maximum Gasteiger partial charge on any atom is 0.199 e. The molecule has 4 heteroatoms. The van der Waals surface area contributed by atoms with E-state index in [-0.39, 0.29) is 6.04 Å². The fourth-order valence-corrected chi connectivity index (χ4v) is 1.41. The van der Waals surface area contributed by atoms with E-state index in [4.69, 9.17) is 10.2 Å². The second kappa shape index (κ2) is 3.98. The van der Waals surface area contributed by atoms with Crippen molar-refractivity contribution in [2.24, 2.45) is 5.73 Å². The zero-order valence-corrected chi connectivity index (χ0v) is 9.03. The highest BCUT2D eigenvalue weighted by Gasteiger charge is 2.09. The SMILES string of the molecule is CCC(N)Cc1nc2nc(C)ccc2o1. The van der Waals surface area contributed by atoms with Crippen LogP contribution in [0.4, 0.5) is 0 Å². The number of fused-ring (bicyclic) bond motifs is 1. The lowest BCUT2D eigenvalue weighted by atomic mass is 10.2. The number of nitrogens with two attached hydrogens (primary N) is 1. The van der Waals surface area contributed by atoms with Crippen LogP contribution in [-0.4, -0.2) is 16.0 Å². The molecule has 2 N–H and O–H groups in total. The Bertz CT molecular complexity index is 464. The first kappa shape index (κ1) is 10.1. The molecule has 1 atom stereocenters. The number of aromatic nitrogens is 2. The molecule has 0 radical (unpaired) electrons. The largest absolute Gasteiger partial charge is 0.439 e. The molecule has 1 unspecified atom stereocenters. The molecule has 0 bridgehead atoms. The molecule has 0 aromatic carbocycles. The Balaban J connectivity index is 2.30. The highest BCUT2D eigenvalue weighted by atomic mass is 16.3. The lowest BCUT2D eigenvalue weighted by Crippen LogP contribution is -2.21. The van der Waals surface area contributed by atoms with Crippen molar-refractivity contribution in [2.75, 3.05) is 0 Å². The van der Waals surface area contributed by atoms with Crippen LogP contribution in [0.2, 0.25) is 0 Å². The fourth-order valence-electron chi connectivity index (χ4n) is 1.41. The Morgan fingerprint density at radius 2 is 2.20 bits per heavy atom. The van der Waals surface area contributed by atoms with E-state index in [2.05, 4.69) is 16.9 Å². The minimum absolute atomic E-state index is 0.110. The van der Waals surface area contributed by atoms with Crippen LogP contribution in [0.3, 0.4) is 0 Å². The summed E-state index contributed by atoms with van der Waals surface area (Å²) in [6, 6.07) is 3.92. The van der Waals surface area contributed by atoms with Crippen LogP contribution in [0.1, 0.15) is 24.9 Å². The number of pyridine rings is 1. The Kier molecular flexibility index (Phi) is 2.68. The van der Waals surface area contributed by atoms with Crippen LogP contribution in [0, 0.1) is 6.92 Å². The molecule has 0 saturated heterocycles. The fraction of sp³-hybridized carbons (Fsp3) is 0.455. The van der Waals surface area contributed by atoms with Crippen molar-refractivity contribution >= 4 is 11.2 Å². The van der Waals surface area contributed by atoms with Gasteiger partial charge in [0.2, 0.25) is 0 Å². The molecule has 2 aromatic rings. The van der Waals surface area contributed by atoms with Gasteiger partial charge in [-0.05, 0) is 25.5 Å². The molecule has 0 aliphatic rings. The van der Waals surface area contributed by atoms with Crippen molar-refractivity contribution in [1.82, 2.24) is 9.97 Å². The Morgan fingerprint density at radius 3 is 2.93 bits per heavy atom. The summed E-state index contributed by atoms with van der Waals surface area (Å²) >= 11 is 0. The second-order valence-electron chi connectivity index (χ2n) is 3.75. The molecule has 0 spiro atoms. The summed E-state index contributed by atoms with van der Waals surface area (Å²) < 4.78 is 5.54. The lowest BCUT2D eigenvalue weighted by molar-refractivity contribution is 0.491. The molecule has 4 nitrogen and oxygen atoms in total. The van der Waals surface area contributed by atoms with Gasteiger partial charge in [-0.15, -0.1) is 0 Å². The second-order valence-corrected chi connectivity index (χ2v) is 3.75. The Labute approximate surface area is 88.5 Å². The van der Waals surface area contributed by atoms with Gasteiger partial charge in [-0.3, -0.25) is 0 Å². The predicted molar refractivity (Wildman–Crippen MR) is 58.5 cm³/mol. The monoisotopic (exact) mass is 205 g/mol. The molecule has 0 saturated carbocycles. The summed E-state index contributed by atoms with van der Waals surface area (Å²) in [6.07, 6.45) is 1.59. The third kappa shape index (κ3) is 2.15. The van der Waals surface area contributed by atoms with Gasteiger partial charge in [-0.1, -0.05) is 6.92 Å². The highest BCUT2D eigenvalue weighted by molar-refractivity contribution is 5.67. The van der Waals surface area contributed by atoms with Gasteiger partial charge >= 0.3 is 0 Å². The van der Waals surface area contributed by atoms with Crippen LogP contribution in [0.25, 0.3) is 11.2 Å². The van der Waals surface area contributed by atoms with Gasteiger partial charge < -0.3 is 10.2 Å². The van der Waals surface area contributed by atoms with Crippen molar-refractivity contribution in [1.29, 1.82) is 0 Å². The quantitative estimate of drug-likeness (QED) is 0.830. The van der Waals surface area contributed by atoms with Crippen molar-refractivity contribution in [3.63, 3.8) is 0 Å². The first-order chi connectivity index (χ1) is 7.19. The molecule has 0 amide bonds. The topological polar surface area (TPSA) is 64.9 Å². The lowest BCUT2D eigenvalue weighted by Gasteiger charge is -2.02.